The van der Waals surface area contributed by atoms with Gasteiger partial charge in [0.25, 0.3) is 0 Å². The molecule has 0 saturated carbocycles. The number of rotatable bonds is 5. The molecule has 0 aromatic carbocycles. The van der Waals surface area contributed by atoms with E-state index in [4.69, 9.17) is 0 Å². The molecule has 0 saturated heterocycles. The van der Waals surface area contributed by atoms with Crippen LogP contribution < -0.4 is 0 Å². The minimum absolute atomic E-state index is 0.507. The third kappa shape index (κ3) is 3.10. The Morgan fingerprint density at radius 3 is 2.85 bits per heavy atom. The van der Waals surface area contributed by atoms with E-state index in [0.29, 0.717) is 11.8 Å². The normalized spacial score (nSPS) is 16.3. The fourth-order valence-corrected chi connectivity index (χ4v) is 5.70. The Bertz CT molecular complexity index is 905. The second-order valence-electron chi connectivity index (χ2n) is 7.89. The van der Waals surface area contributed by atoms with Crippen LogP contribution in [0.5, 0.6) is 0 Å². The molecule has 4 heteroatoms. The average Bonchev–Trinajstić information content (AvgIpc) is 3.26. The smallest absolute Gasteiger partial charge is 0.0698 e. The van der Waals surface area contributed by atoms with E-state index in [1.807, 2.05) is 22.0 Å². The summed E-state index contributed by atoms with van der Waals surface area (Å²) in [4.78, 5) is 4.15. The number of hydrogen-bond acceptors (Lipinski definition) is 3. The van der Waals surface area contributed by atoms with E-state index in [-0.39, 0.29) is 0 Å². The van der Waals surface area contributed by atoms with Crippen molar-refractivity contribution in [1.29, 1.82) is 0 Å². The van der Waals surface area contributed by atoms with Crippen LogP contribution in [0.4, 0.5) is 0 Å². The Labute approximate surface area is 160 Å². The zero-order chi connectivity index (χ0) is 18.3. The van der Waals surface area contributed by atoms with Crippen LogP contribution in [0.2, 0.25) is 0 Å². The molecule has 26 heavy (non-hydrogen) atoms. The second-order valence-corrected chi connectivity index (χ2v) is 8.85. The summed E-state index contributed by atoms with van der Waals surface area (Å²) in [5, 5.41) is 6.85. The van der Waals surface area contributed by atoms with Crippen LogP contribution in [0.15, 0.2) is 29.9 Å². The van der Waals surface area contributed by atoms with Crippen LogP contribution in [0.25, 0.3) is 5.52 Å². The highest BCUT2D eigenvalue weighted by atomic mass is 32.1. The highest BCUT2D eigenvalue weighted by molar-refractivity contribution is 7.10. The van der Waals surface area contributed by atoms with E-state index in [9.17, 15) is 0 Å². The van der Waals surface area contributed by atoms with Gasteiger partial charge in [-0.05, 0) is 71.0 Å². The topological polar surface area (TPSA) is 20.5 Å². The quantitative estimate of drug-likeness (QED) is 0.614. The van der Waals surface area contributed by atoms with E-state index in [1.54, 1.807) is 16.0 Å². The standard InChI is InChI=1S/C22H29N3S/c1-5-24-10-8-18-19(14-26-21(18)13-24)16(4)12-17-7-11-25-20(6-9-23-25)22(17)15(2)3/h6-7,9,11,14-16H,5,8,10,12-13H2,1-4H3. The molecule has 0 aliphatic carbocycles. The zero-order valence-corrected chi connectivity index (χ0v) is 17.1. The number of thiophene rings is 1. The molecule has 1 unspecified atom stereocenters. The largest absolute Gasteiger partial charge is 0.298 e. The second kappa shape index (κ2) is 7.16. The molecule has 0 radical (unpaired) electrons. The van der Waals surface area contributed by atoms with Gasteiger partial charge in [0.05, 0.1) is 5.52 Å². The summed E-state index contributed by atoms with van der Waals surface area (Å²) in [6.45, 7) is 12.8. The first kappa shape index (κ1) is 17.7. The van der Waals surface area contributed by atoms with E-state index in [0.717, 1.165) is 19.5 Å². The monoisotopic (exact) mass is 367 g/mol. The first-order valence-corrected chi connectivity index (χ1v) is 10.7. The Morgan fingerprint density at radius 1 is 1.23 bits per heavy atom. The SMILES string of the molecule is CCN1CCc2c(C(C)Cc3ccn4nccc4c3C(C)C)csc2C1. The maximum atomic E-state index is 4.42. The van der Waals surface area contributed by atoms with Crippen LogP contribution in [0.3, 0.4) is 0 Å². The Balaban J connectivity index is 1.63. The van der Waals surface area contributed by atoms with Crippen molar-refractivity contribution in [2.24, 2.45) is 0 Å². The first-order chi connectivity index (χ1) is 12.6. The molecule has 0 spiro atoms. The molecule has 3 nitrogen and oxygen atoms in total. The summed E-state index contributed by atoms with van der Waals surface area (Å²) in [6, 6.07) is 4.43. The van der Waals surface area contributed by atoms with Gasteiger partial charge in [0, 0.05) is 30.4 Å². The molecular formula is C22H29N3S. The van der Waals surface area contributed by atoms with Crippen molar-refractivity contribution in [3.63, 3.8) is 0 Å². The molecule has 0 bridgehead atoms. The third-order valence-corrected chi connectivity index (χ3v) is 6.88. The predicted molar refractivity (Wildman–Crippen MR) is 110 cm³/mol. The number of hydrogen-bond donors (Lipinski definition) is 0. The maximum Gasteiger partial charge on any atom is 0.0698 e. The van der Waals surface area contributed by atoms with Crippen LogP contribution >= 0.6 is 11.3 Å². The van der Waals surface area contributed by atoms with E-state index in [1.165, 1.54) is 29.6 Å². The van der Waals surface area contributed by atoms with Crippen molar-refractivity contribution in [3.8, 4) is 0 Å². The maximum absolute atomic E-state index is 4.42. The van der Waals surface area contributed by atoms with Crippen molar-refractivity contribution in [1.82, 2.24) is 14.5 Å². The molecule has 4 rings (SSSR count). The molecule has 0 fully saturated rings. The summed E-state index contributed by atoms with van der Waals surface area (Å²) < 4.78 is 2.01. The number of aromatic nitrogens is 2. The fraction of sp³-hybridized carbons (Fsp3) is 0.500. The van der Waals surface area contributed by atoms with Gasteiger partial charge in [-0.1, -0.05) is 27.7 Å². The van der Waals surface area contributed by atoms with E-state index >= 15 is 0 Å². The van der Waals surface area contributed by atoms with Crippen molar-refractivity contribution in [2.45, 2.75) is 58.9 Å². The summed E-state index contributed by atoms with van der Waals surface area (Å²) in [6.07, 6.45) is 6.34. The summed E-state index contributed by atoms with van der Waals surface area (Å²) >= 11 is 1.97. The lowest BCUT2D eigenvalue weighted by Gasteiger charge is -2.27. The first-order valence-electron chi connectivity index (χ1n) is 9.85. The molecule has 1 aliphatic heterocycles. The minimum atomic E-state index is 0.507. The highest BCUT2D eigenvalue weighted by Crippen LogP contribution is 2.36. The van der Waals surface area contributed by atoms with Gasteiger partial charge in [0.15, 0.2) is 0 Å². The predicted octanol–water partition coefficient (Wildman–Crippen LogP) is 5.24. The van der Waals surface area contributed by atoms with Gasteiger partial charge in [-0.2, -0.15) is 5.10 Å². The van der Waals surface area contributed by atoms with Crippen molar-refractivity contribution >= 4 is 16.9 Å². The Kier molecular flexibility index (Phi) is 4.89. The number of fused-ring (bicyclic) bond motifs is 2. The lowest BCUT2D eigenvalue weighted by Crippen LogP contribution is -2.29. The van der Waals surface area contributed by atoms with Crippen molar-refractivity contribution in [3.05, 3.63) is 57.0 Å². The van der Waals surface area contributed by atoms with Gasteiger partial charge in [0.2, 0.25) is 0 Å². The van der Waals surface area contributed by atoms with E-state index in [2.05, 4.69) is 61.4 Å². The van der Waals surface area contributed by atoms with Gasteiger partial charge in [0.1, 0.15) is 0 Å². The van der Waals surface area contributed by atoms with Crippen molar-refractivity contribution < 1.29 is 0 Å². The molecule has 4 heterocycles. The Morgan fingerprint density at radius 2 is 2.08 bits per heavy atom. The highest BCUT2D eigenvalue weighted by Gasteiger charge is 2.23. The molecule has 3 aromatic heterocycles. The molecule has 0 amide bonds. The minimum Gasteiger partial charge on any atom is -0.298 e. The van der Waals surface area contributed by atoms with Gasteiger partial charge < -0.3 is 0 Å². The molecule has 3 aromatic rings. The van der Waals surface area contributed by atoms with Gasteiger partial charge >= 0.3 is 0 Å². The molecule has 0 N–H and O–H groups in total. The van der Waals surface area contributed by atoms with Gasteiger partial charge in [-0.3, -0.25) is 4.90 Å². The van der Waals surface area contributed by atoms with Crippen LogP contribution in [0.1, 0.15) is 66.7 Å². The van der Waals surface area contributed by atoms with Crippen LogP contribution in [-0.4, -0.2) is 27.6 Å². The molecule has 1 atom stereocenters. The number of likely N-dealkylation sites (N-methyl/N-ethyl adjacent to an activating group) is 1. The molecular weight excluding hydrogens is 338 g/mol. The third-order valence-electron chi connectivity index (χ3n) is 5.85. The van der Waals surface area contributed by atoms with E-state index < -0.39 is 0 Å². The number of nitrogens with zero attached hydrogens (tertiary/aromatic N) is 3. The van der Waals surface area contributed by atoms with Crippen LogP contribution in [0, 0.1) is 0 Å². The summed E-state index contributed by atoms with van der Waals surface area (Å²) in [7, 11) is 0. The lowest BCUT2D eigenvalue weighted by atomic mass is 9.86. The fourth-order valence-electron chi connectivity index (χ4n) is 4.44. The van der Waals surface area contributed by atoms with Crippen LogP contribution in [-0.2, 0) is 19.4 Å². The molecule has 138 valence electrons. The molecule has 1 aliphatic rings. The lowest BCUT2D eigenvalue weighted by molar-refractivity contribution is 0.271. The zero-order valence-electron chi connectivity index (χ0n) is 16.3. The number of pyridine rings is 1. The summed E-state index contributed by atoms with van der Waals surface area (Å²) in [5.41, 5.74) is 7.42. The average molecular weight is 368 g/mol. The summed E-state index contributed by atoms with van der Waals surface area (Å²) in [5.74, 6) is 1.07. The van der Waals surface area contributed by atoms with Gasteiger partial charge in [-0.15, -0.1) is 11.3 Å². The van der Waals surface area contributed by atoms with Crippen molar-refractivity contribution in [2.75, 3.05) is 13.1 Å². The van der Waals surface area contributed by atoms with Gasteiger partial charge in [-0.25, -0.2) is 4.52 Å². The Hall–Kier alpha value is -1.65.